The van der Waals surface area contributed by atoms with E-state index in [9.17, 15) is 4.79 Å². The van der Waals surface area contributed by atoms with Gasteiger partial charge in [0.05, 0.1) is 0 Å². The molecule has 2 heterocycles. The zero-order valence-electron chi connectivity index (χ0n) is 11.2. The largest absolute Gasteiger partial charge is 0.372 e. The van der Waals surface area contributed by atoms with E-state index in [1.165, 1.54) is 24.9 Å². The van der Waals surface area contributed by atoms with E-state index >= 15 is 0 Å². The van der Waals surface area contributed by atoms with Gasteiger partial charge < -0.3 is 10.2 Å². The molecule has 1 aromatic rings. The molecule has 0 unspecified atom stereocenters. The number of benzene rings is 1. The average Bonchev–Trinajstić information content (AvgIpc) is 2.79. The van der Waals surface area contributed by atoms with Crippen molar-refractivity contribution in [1.29, 1.82) is 0 Å². The number of nitrogens with one attached hydrogen (secondary N) is 2. The maximum absolute atomic E-state index is 11.6. The molecule has 0 saturated carbocycles. The summed E-state index contributed by atoms with van der Waals surface area (Å²) in [7, 11) is 0. The fourth-order valence-corrected chi connectivity index (χ4v) is 2.79. The van der Waals surface area contributed by atoms with Crippen LogP contribution in [-0.4, -0.2) is 24.1 Å². The summed E-state index contributed by atoms with van der Waals surface area (Å²) in [6.07, 6.45) is 5.69. The maximum atomic E-state index is 11.6. The van der Waals surface area contributed by atoms with Crippen molar-refractivity contribution in [1.82, 2.24) is 10.6 Å². The number of thiocarbonyl (C=S) groups is 1. The molecule has 2 aliphatic rings. The van der Waals surface area contributed by atoms with Crippen LogP contribution in [0.3, 0.4) is 0 Å². The van der Waals surface area contributed by atoms with Gasteiger partial charge >= 0.3 is 0 Å². The summed E-state index contributed by atoms with van der Waals surface area (Å²) >= 11 is 4.91. The lowest BCUT2D eigenvalue weighted by atomic mass is 10.1. The van der Waals surface area contributed by atoms with Gasteiger partial charge in [-0.2, -0.15) is 0 Å². The van der Waals surface area contributed by atoms with Gasteiger partial charge in [-0.15, -0.1) is 0 Å². The summed E-state index contributed by atoms with van der Waals surface area (Å²) in [5.74, 6) is -0.171. The Morgan fingerprint density at radius 2 is 1.75 bits per heavy atom. The van der Waals surface area contributed by atoms with Crippen molar-refractivity contribution in [2.75, 3.05) is 18.0 Å². The van der Waals surface area contributed by atoms with Crippen LogP contribution < -0.4 is 15.5 Å². The number of nitrogens with zero attached hydrogens (tertiary/aromatic N) is 1. The fraction of sp³-hybridized carbons (Fsp3) is 0.333. The van der Waals surface area contributed by atoms with Crippen molar-refractivity contribution in [2.45, 2.75) is 19.3 Å². The molecule has 4 nitrogen and oxygen atoms in total. The van der Waals surface area contributed by atoms with Crippen molar-refractivity contribution in [3.05, 3.63) is 35.5 Å². The number of rotatable bonds is 2. The van der Waals surface area contributed by atoms with E-state index in [4.69, 9.17) is 12.2 Å². The van der Waals surface area contributed by atoms with Crippen molar-refractivity contribution in [3.8, 4) is 0 Å². The Bertz CT molecular complexity index is 559. The smallest absolute Gasteiger partial charge is 0.273 e. The zero-order valence-corrected chi connectivity index (χ0v) is 12.0. The zero-order chi connectivity index (χ0) is 13.9. The number of carbonyl (C=O) groups is 1. The number of hydrogen-bond donors (Lipinski definition) is 2. The topological polar surface area (TPSA) is 44.4 Å². The molecular formula is C15H17N3OS. The first-order valence-corrected chi connectivity index (χ1v) is 7.32. The SMILES string of the molecule is O=C1NC(=S)NC1=Cc1ccc(N2CCCCC2)cc1. The van der Waals surface area contributed by atoms with Gasteiger partial charge in [-0.25, -0.2) is 0 Å². The Hall–Kier alpha value is -1.88. The molecule has 2 saturated heterocycles. The van der Waals surface area contributed by atoms with E-state index in [1.807, 2.05) is 18.2 Å². The number of carbonyl (C=O) groups excluding carboxylic acids is 1. The molecule has 5 heteroatoms. The van der Waals surface area contributed by atoms with Crippen molar-refractivity contribution < 1.29 is 4.79 Å². The van der Waals surface area contributed by atoms with Crippen LogP contribution in [0, 0.1) is 0 Å². The van der Waals surface area contributed by atoms with Gasteiger partial charge in [0.15, 0.2) is 5.11 Å². The van der Waals surface area contributed by atoms with E-state index in [2.05, 4.69) is 27.7 Å². The number of anilines is 1. The normalized spacial score (nSPS) is 21.0. The third-order valence-electron chi connectivity index (χ3n) is 3.65. The first kappa shape index (κ1) is 13.1. The molecule has 0 aromatic heterocycles. The Balaban J connectivity index is 1.74. The van der Waals surface area contributed by atoms with Crippen molar-refractivity contribution >= 4 is 35.0 Å². The van der Waals surface area contributed by atoms with Gasteiger partial charge in [0.25, 0.3) is 5.91 Å². The van der Waals surface area contributed by atoms with Crippen molar-refractivity contribution in [3.63, 3.8) is 0 Å². The van der Waals surface area contributed by atoms with Crippen LogP contribution in [0.15, 0.2) is 30.0 Å². The second kappa shape index (κ2) is 5.63. The van der Waals surface area contributed by atoms with Gasteiger partial charge in [-0.3, -0.25) is 10.1 Å². The van der Waals surface area contributed by atoms with E-state index in [1.54, 1.807) is 0 Å². The standard InChI is InChI=1S/C15H17N3OS/c19-14-13(16-15(20)17-14)10-11-4-6-12(7-5-11)18-8-2-1-3-9-18/h4-7,10H,1-3,8-9H2,(H2,16,17,19,20). The molecule has 0 aliphatic carbocycles. The quantitative estimate of drug-likeness (QED) is 0.645. The summed E-state index contributed by atoms with van der Waals surface area (Å²) in [4.78, 5) is 14.0. The lowest BCUT2D eigenvalue weighted by Crippen LogP contribution is -2.29. The van der Waals surface area contributed by atoms with E-state index in [0.717, 1.165) is 18.7 Å². The molecule has 0 radical (unpaired) electrons. The van der Waals surface area contributed by atoms with Crippen LogP contribution in [0.2, 0.25) is 0 Å². The van der Waals surface area contributed by atoms with Crippen molar-refractivity contribution in [2.24, 2.45) is 0 Å². The molecule has 0 bridgehead atoms. The molecule has 0 spiro atoms. The maximum Gasteiger partial charge on any atom is 0.273 e. The second-order valence-electron chi connectivity index (χ2n) is 5.11. The predicted octanol–water partition coefficient (Wildman–Crippen LogP) is 2.02. The molecule has 2 N–H and O–H groups in total. The molecular weight excluding hydrogens is 270 g/mol. The molecule has 1 amide bonds. The number of amides is 1. The predicted molar refractivity (Wildman–Crippen MR) is 84.4 cm³/mol. The average molecular weight is 287 g/mol. The summed E-state index contributed by atoms with van der Waals surface area (Å²) in [5.41, 5.74) is 2.75. The van der Waals surface area contributed by atoms with Crippen LogP contribution >= 0.6 is 12.2 Å². The van der Waals surface area contributed by atoms with Gasteiger partial charge in [0, 0.05) is 18.8 Å². The summed E-state index contributed by atoms with van der Waals surface area (Å²) in [6, 6.07) is 8.30. The number of piperidine rings is 1. The van der Waals surface area contributed by atoms with Gasteiger partial charge in [0.2, 0.25) is 0 Å². The van der Waals surface area contributed by atoms with E-state index in [0.29, 0.717) is 10.8 Å². The van der Waals surface area contributed by atoms with Crippen LogP contribution in [0.25, 0.3) is 6.08 Å². The summed E-state index contributed by atoms with van der Waals surface area (Å²) in [6.45, 7) is 2.28. The van der Waals surface area contributed by atoms with E-state index < -0.39 is 0 Å². The van der Waals surface area contributed by atoms with Crippen LogP contribution in [0.5, 0.6) is 0 Å². The Morgan fingerprint density at radius 1 is 1.05 bits per heavy atom. The Labute approximate surface area is 123 Å². The third-order valence-corrected chi connectivity index (χ3v) is 3.85. The van der Waals surface area contributed by atoms with Crippen LogP contribution in [0.1, 0.15) is 24.8 Å². The minimum absolute atomic E-state index is 0.171. The minimum atomic E-state index is -0.171. The molecule has 3 rings (SSSR count). The first-order valence-electron chi connectivity index (χ1n) is 6.91. The first-order chi connectivity index (χ1) is 9.72. The lowest BCUT2D eigenvalue weighted by molar-refractivity contribution is -0.115. The highest BCUT2D eigenvalue weighted by atomic mass is 32.1. The monoisotopic (exact) mass is 287 g/mol. The fourth-order valence-electron chi connectivity index (χ4n) is 2.58. The minimum Gasteiger partial charge on any atom is -0.372 e. The molecule has 104 valence electrons. The second-order valence-corrected chi connectivity index (χ2v) is 5.51. The molecule has 20 heavy (non-hydrogen) atoms. The van der Waals surface area contributed by atoms with Crippen LogP contribution in [-0.2, 0) is 4.79 Å². The van der Waals surface area contributed by atoms with Gasteiger partial charge in [0.1, 0.15) is 5.70 Å². The van der Waals surface area contributed by atoms with Crippen LogP contribution in [0.4, 0.5) is 5.69 Å². The Kier molecular flexibility index (Phi) is 3.69. The number of hydrogen-bond acceptors (Lipinski definition) is 3. The summed E-state index contributed by atoms with van der Waals surface area (Å²) in [5, 5.41) is 5.77. The third kappa shape index (κ3) is 2.82. The van der Waals surface area contributed by atoms with Gasteiger partial charge in [-0.05, 0) is 55.3 Å². The highest BCUT2D eigenvalue weighted by Gasteiger charge is 2.19. The molecule has 0 atom stereocenters. The Morgan fingerprint density at radius 3 is 2.35 bits per heavy atom. The molecule has 2 aliphatic heterocycles. The lowest BCUT2D eigenvalue weighted by Gasteiger charge is -2.28. The highest BCUT2D eigenvalue weighted by Crippen LogP contribution is 2.21. The molecule has 2 fully saturated rings. The summed E-state index contributed by atoms with van der Waals surface area (Å²) < 4.78 is 0. The highest BCUT2D eigenvalue weighted by molar-refractivity contribution is 7.80. The molecule has 1 aromatic carbocycles. The van der Waals surface area contributed by atoms with E-state index in [-0.39, 0.29) is 5.91 Å². The van der Waals surface area contributed by atoms with Gasteiger partial charge in [-0.1, -0.05) is 12.1 Å².